The van der Waals surface area contributed by atoms with Gasteiger partial charge in [-0.3, -0.25) is 14.6 Å². The summed E-state index contributed by atoms with van der Waals surface area (Å²) in [5.41, 5.74) is 3.39. The van der Waals surface area contributed by atoms with Crippen molar-refractivity contribution in [3.05, 3.63) is 56.8 Å². The molecule has 0 bridgehead atoms. The molecule has 6 heteroatoms. The Kier molecular flexibility index (Phi) is 5.20. The molecular formula is C27H31N3O2S. The highest BCUT2D eigenvalue weighted by atomic mass is 32.1. The fourth-order valence-electron chi connectivity index (χ4n) is 5.21. The highest BCUT2D eigenvalue weighted by Gasteiger charge is 2.43. The molecule has 1 aliphatic carbocycles. The van der Waals surface area contributed by atoms with Crippen LogP contribution in [0.2, 0.25) is 0 Å². The zero-order valence-electron chi connectivity index (χ0n) is 20.1. The van der Waals surface area contributed by atoms with Gasteiger partial charge in [-0.05, 0) is 61.6 Å². The molecule has 3 heterocycles. The van der Waals surface area contributed by atoms with Crippen LogP contribution in [0.25, 0.3) is 10.8 Å². The smallest absolute Gasteiger partial charge is 0.253 e. The molecule has 5 nitrogen and oxygen atoms in total. The fourth-order valence-corrected chi connectivity index (χ4v) is 6.52. The minimum absolute atomic E-state index is 0.0381. The number of ketones is 1. The number of aryl methyl sites for hydroxylation is 2. The molecule has 1 amide bonds. The quantitative estimate of drug-likeness (QED) is 0.469. The van der Waals surface area contributed by atoms with Crippen LogP contribution >= 0.6 is 11.3 Å². The topological polar surface area (TPSA) is 63.2 Å². The van der Waals surface area contributed by atoms with Crippen LogP contribution in [0.4, 0.5) is 0 Å². The Morgan fingerprint density at radius 1 is 1.09 bits per heavy atom. The van der Waals surface area contributed by atoms with Gasteiger partial charge in [0.2, 0.25) is 0 Å². The average Bonchev–Trinajstić information content (AvgIpc) is 3.21. The van der Waals surface area contributed by atoms with Gasteiger partial charge < -0.3 is 4.90 Å². The van der Waals surface area contributed by atoms with E-state index in [9.17, 15) is 9.59 Å². The molecule has 5 rings (SSSR count). The number of nitrogens with zero attached hydrogens (tertiary/aromatic N) is 3. The maximum Gasteiger partial charge on any atom is 0.253 e. The van der Waals surface area contributed by atoms with E-state index < -0.39 is 0 Å². The number of piperidine rings is 1. The maximum atomic E-state index is 13.3. The van der Waals surface area contributed by atoms with E-state index in [1.54, 1.807) is 11.3 Å². The minimum atomic E-state index is -0.0441. The number of benzene rings is 1. The lowest BCUT2D eigenvalue weighted by molar-refractivity contribution is 0.0522. The monoisotopic (exact) mass is 461 g/mol. The first-order valence-corrected chi connectivity index (χ1v) is 12.6. The largest absolute Gasteiger partial charge is 0.339 e. The van der Waals surface area contributed by atoms with Crippen LogP contribution in [0.3, 0.4) is 0 Å². The Balaban J connectivity index is 1.33. The van der Waals surface area contributed by atoms with Crippen molar-refractivity contribution < 1.29 is 9.59 Å². The van der Waals surface area contributed by atoms with Crippen molar-refractivity contribution in [1.29, 1.82) is 0 Å². The summed E-state index contributed by atoms with van der Waals surface area (Å²) in [5, 5.41) is 3.23. The van der Waals surface area contributed by atoms with Gasteiger partial charge in [0.1, 0.15) is 5.69 Å². The second-order valence-electron chi connectivity index (χ2n) is 10.9. The van der Waals surface area contributed by atoms with E-state index >= 15 is 0 Å². The zero-order valence-corrected chi connectivity index (χ0v) is 20.9. The molecule has 1 saturated heterocycles. The first kappa shape index (κ1) is 22.2. The lowest BCUT2D eigenvalue weighted by Gasteiger charge is -2.43. The van der Waals surface area contributed by atoms with Crippen molar-refractivity contribution in [2.75, 3.05) is 13.1 Å². The first-order chi connectivity index (χ1) is 15.6. The van der Waals surface area contributed by atoms with Crippen LogP contribution in [0.1, 0.15) is 82.0 Å². The molecule has 0 saturated carbocycles. The minimum Gasteiger partial charge on any atom is -0.339 e. The van der Waals surface area contributed by atoms with Gasteiger partial charge in [0.15, 0.2) is 5.78 Å². The Morgan fingerprint density at radius 3 is 2.52 bits per heavy atom. The number of hydrogen-bond acceptors (Lipinski definition) is 5. The maximum absolute atomic E-state index is 13.3. The van der Waals surface area contributed by atoms with Crippen molar-refractivity contribution in [2.45, 2.75) is 65.7 Å². The number of hydrogen-bond donors (Lipinski definition) is 0. The fraction of sp³-hybridized carbons (Fsp3) is 0.481. The lowest BCUT2D eigenvalue weighted by Crippen LogP contribution is -2.46. The SMILES string of the molecule is Cc1cnc(C)c2cc(C(=O)N3CCC4(CC3)CC(=O)c3nc(C(C)(C)C)sc3C4)ccc12. The van der Waals surface area contributed by atoms with Gasteiger partial charge >= 0.3 is 0 Å². The number of fused-ring (bicyclic) bond motifs is 2. The van der Waals surface area contributed by atoms with Crippen LogP contribution in [0.5, 0.6) is 0 Å². The molecule has 3 aromatic rings. The van der Waals surface area contributed by atoms with E-state index in [2.05, 4.69) is 25.8 Å². The lowest BCUT2D eigenvalue weighted by atomic mass is 9.68. The summed E-state index contributed by atoms with van der Waals surface area (Å²) in [6.45, 7) is 11.9. The third-order valence-electron chi connectivity index (χ3n) is 7.32. The molecule has 0 N–H and O–H groups in total. The summed E-state index contributed by atoms with van der Waals surface area (Å²) >= 11 is 1.70. The standard InChI is InChI=1S/C27H31N3O2S/c1-16-15-28-17(2)20-12-18(6-7-19(16)20)24(32)30-10-8-27(9-11-30)13-21(31)23-22(14-27)33-25(29-23)26(3,4)5/h6-7,12,15H,8-11,13-14H2,1-5H3. The number of aromatic nitrogens is 2. The second kappa shape index (κ2) is 7.73. The van der Waals surface area contributed by atoms with Gasteiger partial charge in [0.05, 0.1) is 5.01 Å². The third kappa shape index (κ3) is 3.88. The van der Waals surface area contributed by atoms with Gasteiger partial charge in [0, 0.05) is 52.6 Å². The summed E-state index contributed by atoms with van der Waals surface area (Å²) < 4.78 is 0. The van der Waals surface area contributed by atoms with Gasteiger partial charge in [-0.15, -0.1) is 11.3 Å². The Bertz CT molecular complexity index is 1280. The second-order valence-corrected chi connectivity index (χ2v) is 12.0. The van der Waals surface area contributed by atoms with E-state index in [4.69, 9.17) is 4.98 Å². The molecule has 0 atom stereocenters. The number of likely N-dealkylation sites (tertiary alicyclic amines) is 1. The molecule has 1 spiro atoms. The molecular weight excluding hydrogens is 430 g/mol. The summed E-state index contributed by atoms with van der Waals surface area (Å²) in [5.74, 6) is 0.249. The third-order valence-corrected chi connectivity index (χ3v) is 8.80. The Morgan fingerprint density at radius 2 is 1.82 bits per heavy atom. The van der Waals surface area contributed by atoms with E-state index in [0.29, 0.717) is 30.8 Å². The number of amides is 1. The van der Waals surface area contributed by atoms with Gasteiger partial charge in [-0.2, -0.15) is 0 Å². The van der Waals surface area contributed by atoms with Gasteiger partial charge in [-0.25, -0.2) is 4.98 Å². The van der Waals surface area contributed by atoms with Crippen molar-refractivity contribution in [3.8, 4) is 0 Å². The van der Waals surface area contributed by atoms with Gasteiger partial charge in [0.25, 0.3) is 5.91 Å². The molecule has 0 radical (unpaired) electrons. The molecule has 33 heavy (non-hydrogen) atoms. The Hall–Kier alpha value is -2.60. The molecule has 2 aromatic heterocycles. The van der Waals surface area contributed by atoms with Gasteiger partial charge in [-0.1, -0.05) is 26.8 Å². The number of rotatable bonds is 1. The average molecular weight is 462 g/mol. The van der Waals surface area contributed by atoms with Crippen molar-refractivity contribution in [3.63, 3.8) is 0 Å². The van der Waals surface area contributed by atoms with Crippen molar-refractivity contribution in [2.24, 2.45) is 5.41 Å². The number of carbonyl (C=O) groups is 2. The highest BCUT2D eigenvalue weighted by molar-refractivity contribution is 7.12. The molecule has 172 valence electrons. The van der Waals surface area contributed by atoms with Crippen molar-refractivity contribution >= 4 is 33.8 Å². The van der Waals surface area contributed by atoms with E-state index in [-0.39, 0.29) is 22.5 Å². The summed E-state index contributed by atoms with van der Waals surface area (Å²) in [6.07, 6.45) is 5.06. The molecule has 2 aliphatic rings. The summed E-state index contributed by atoms with van der Waals surface area (Å²) in [6, 6.07) is 5.96. The van der Waals surface area contributed by atoms with Crippen LogP contribution < -0.4 is 0 Å². The van der Waals surface area contributed by atoms with Crippen LogP contribution in [0, 0.1) is 19.3 Å². The number of thiazole rings is 1. The number of pyridine rings is 1. The zero-order chi connectivity index (χ0) is 23.5. The van der Waals surface area contributed by atoms with E-state index in [1.165, 1.54) is 0 Å². The molecule has 1 fully saturated rings. The normalized spacial score (nSPS) is 18.1. The van der Waals surface area contributed by atoms with Crippen LogP contribution in [-0.4, -0.2) is 39.6 Å². The van der Waals surface area contributed by atoms with Crippen molar-refractivity contribution in [1.82, 2.24) is 14.9 Å². The van der Waals surface area contributed by atoms with E-state index in [1.807, 2.05) is 43.1 Å². The van der Waals surface area contributed by atoms with Crippen LogP contribution in [0.15, 0.2) is 24.4 Å². The highest BCUT2D eigenvalue weighted by Crippen LogP contribution is 2.46. The predicted molar refractivity (Wildman–Crippen MR) is 132 cm³/mol. The number of Topliss-reactive ketones (excluding diaryl/α,β-unsaturated/α-hetero) is 1. The molecule has 0 unspecified atom stereocenters. The van der Waals surface area contributed by atoms with E-state index in [0.717, 1.165) is 51.2 Å². The summed E-state index contributed by atoms with van der Waals surface area (Å²) in [4.78, 5) is 38.6. The molecule has 1 aliphatic heterocycles. The summed E-state index contributed by atoms with van der Waals surface area (Å²) in [7, 11) is 0. The Labute approximate surface area is 199 Å². The first-order valence-electron chi connectivity index (χ1n) is 11.7. The van der Waals surface area contributed by atoms with Crippen LogP contribution in [-0.2, 0) is 11.8 Å². The predicted octanol–water partition coefficient (Wildman–Crippen LogP) is 5.66. The number of carbonyl (C=O) groups excluding carboxylic acids is 2. The molecule has 1 aromatic carbocycles.